The molecule has 4 nitrogen and oxygen atoms in total. The first kappa shape index (κ1) is 18.5. The highest BCUT2D eigenvalue weighted by molar-refractivity contribution is 9.10. The second-order valence-electron chi connectivity index (χ2n) is 5.98. The smallest absolute Gasteiger partial charge is 0.228 e. The third-order valence-corrected chi connectivity index (χ3v) is 4.23. The van der Waals surface area contributed by atoms with E-state index in [0.29, 0.717) is 12.5 Å². The van der Waals surface area contributed by atoms with E-state index in [9.17, 15) is 0 Å². The van der Waals surface area contributed by atoms with Crippen molar-refractivity contribution in [3.63, 3.8) is 0 Å². The van der Waals surface area contributed by atoms with Crippen molar-refractivity contribution < 1.29 is 4.74 Å². The summed E-state index contributed by atoms with van der Waals surface area (Å²) in [5, 5.41) is 0. The van der Waals surface area contributed by atoms with Crippen LogP contribution in [0, 0.1) is 20.8 Å². The van der Waals surface area contributed by atoms with E-state index in [0.717, 1.165) is 28.0 Å². The molecule has 24 heavy (non-hydrogen) atoms. The molecule has 0 bridgehead atoms. The summed E-state index contributed by atoms with van der Waals surface area (Å²) >= 11 is 3.53. The van der Waals surface area contributed by atoms with Gasteiger partial charge in [0.25, 0.3) is 0 Å². The molecule has 2 rings (SSSR count). The number of pyridine rings is 1. The zero-order chi connectivity index (χ0) is 17.7. The van der Waals surface area contributed by atoms with Gasteiger partial charge < -0.3 is 9.64 Å². The molecule has 0 unspecified atom stereocenters. The Balaban J connectivity index is 2.14. The van der Waals surface area contributed by atoms with Crippen molar-refractivity contribution in [1.82, 2.24) is 9.88 Å². The largest absolute Gasteiger partial charge is 0.472 e. The normalized spacial score (nSPS) is 11.1. The Morgan fingerprint density at radius 2 is 1.83 bits per heavy atom. The van der Waals surface area contributed by atoms with Gasteiger partial charge in [-0.1, -0.05) is 29.3 Å². The molecule has 2 aromatic rings. The molecule has 0 fully saturated rings. The molecule has 0 aliphatic carbocycles. The molecule has 0 aliphatic heterocycles. The van der Waals surface area contributed by atoms with Gasteiger partial charge in [-0.3, -0.25) is 0 Å². The molecule has 0 spiro atoms. The van der Waals surface area contributed by atoms with Crippen LogP contribution in [0.5, 0.6) is 5.88 Å². The van der Waals surface area contributed by atoms with Crippen molar-refractivity contribution >= 4 is 28.0 Å². The first-order valence-corrected chi connectivity index (χ1v) is 8.80. The topological polar surface area (TPSA) is 37.7 Å². The maximum atomic E-state index is 5.90. The average Bonchev–Trinajstić information content (AvgIpc) is 2.52. The highest BCUT2D eigenvalue weighted by Crippen LogP contribution is 2.30. The number of hydrogen-bond acceptors (Lipinski definition) is 3. The van der Waals surface area contributed by atoms with Gasteiger partial charge in [-0.25, -0.2) is 9.98 Å². The summed E-state index contributed by atoms with van der Waals surface area (Å²) in [7, 11) is 1.99. The Bertz CT molecular complexity index is 723. The van der Waals surface area contributed by atoms with Gasteiger partial charge in [0, 0.05) is 13.6 Å². The van der Waals surface area contributed by atoms with E-state index in [1.54, 1.807) is 0 Å². The van der Waals surface area contributed by atoms with Crippen molar-refractivity contribution in [3.05, 3.63) is 51.1 Å². The van der Waals surface area contributed by atoms with Gasteiger partial charge in [0.1, 0.15) is 6.61 Å². The third kappa shape index (κ3) is 5.06. The lowest BCUT2D eigenvalue weighted by molar-refractivity contribution is 0.291. The summed E-state index contributed by atoms with van der Waals surface area (Å²) in [5.41, 5.74) is 5.30. The third-order valence-electron chi connectivity index (χ3n) is 3.66. The van der Waals surface area contributed by atoms with Crippen LogP contribution in [0.4, 0.5) is 5.69 Å². The van der Waals surface area contributed by atoms with Gasteiger partial charge in [0.2, 0.25) is 5.88 Å². The van der Waals surface area contributed by atoms with Gasteiger partial charge in [-0.05, 0) is 55.3 Å². The zero-order valence-electron chi connectivity index (χ0n) is 14.9. The SMILES string of the molecule is CCN(C)/C=N/c1cc(Br)c(OCc2cc(C)cc(C)c2)nc1C. The van der Waals surface area contributed by atoms with Crippen LogP contribution in [0.2, 0.25) is 0 Å². The summed E-state index contributed by atoms with van der Waals surface area (Å²) in [6.45, 7) is 9.61. The molecule has 0 aliphatic rings. The average molecular weight is 390 g/mol. The van der Waals surface area contributed by atoms with E-state index in [2.05, 4.69) is 64.9 Å². The van der Waals surface area contributed by atoms with Crippen LogP contribution < -0.4 is 4.74 Å². The zero-order valence-corrected chi connectivity index (χ0v) is 16.5. The summed E-state index contributed by atoms with van der Waals surface area (Å²) in [6, 6.07) is 8.36. The monoisotopic (exact) mass is 389 g/mol. The molecule has 0 N–H and O–H groups in total. The Morgan fingerprint density at radius 1 is 1.17 bits per heavy atom. The standard InChI is InChI=1S/C19H24BrN3O/c1-6-23(5)12-21-18-10-17(20)19(22-15(18)4)24-11-16-8-13(2)7-14(3)9-16/h7-10,12H,6,11H2,1-5H3/b21-12+. The van der Waals surface area contributed by atoms with Gasteiger partial charge in [0.05, 0.1) is 22.2 Å². The summed E-state index contributed by atoms with van der Waals surface area (Å²) in [4.78, 5) is 11.0. The highest BCUT2D eigenvalue weighted by atomic mass is 79.9. The van der Waals surface area contributed by atoms with Crippen molar-refractivity contribution in [2.45, 2.75) is 34.3 Å². The number of rotatable bonds is 6. The first-order chi connectivity index (χ1) is 11.4. The van der Waals surface area contributed by atoms with E-state index in [4.69, 9.17) is 4.74 Å². The van der Waals surface area contributed by atoms with Gasteiger partial charge in [0.15, 0.2) is 0 Å². The minimum absolute atomic E-state index is 0.495. The number of benzene rings is 1. The minimum atomic E-state index is 0.495. The number of halogens is 1. The van der Waals surface area contributed by atoms with Crippen LogP contribution >= 0.6 is 15.9 Å². The summed E-state index contributed by atoms with van der Waals surface area (Å²) in [6.07, 6.45) is 1.81. The van der Waals surface area contributed by atoms with Gasteiger partial charge >= 0.3 is 0 Å². The van der Waals surface area contributed by atoms with E-state index in [1.165, 1.54) is 11.1 Å². The van der Waals surface area contributed by atoms with Crippen molar-refractivity contribution in [2.75, 3.05) is 13.6 Å². The van der Waals surface area contributed by atoms with Crippen LogP contribution in [-0.2, 0) is 6.61 Å². The molecule has 1 aromatic heterocycles. The lowest BCUT2D eigenvalue weighted by atomic mass is 10.1. The van der Waals surface area contributed by atoms with Crippen molar-refractivity contribution in [2.24, 2.45) is 4.99 Å². The van der Waals surface area contributed by atoms with E-state index >= 15 is 0 Å². The second-order valence-corrected chi connectivity index (χ2v) is 6.84. The molecule has 0 atom stereocenters. The molecule has 0 amide bonds. The van der Waals surface area contributed by atoms with Crippen LogP contribution in [0.3, 0.4) is 0 Å². The second kappa shape index (κ2) is 8.29. The van der Waals surface area contributed by atoms with Crippen LogP contribution in [-0.4, -0.2) is 29.8 Å². The predicted octanol–water partition coefficient (Wildman–Crippen LogP) is 4.96. The number of ether oxygens (including phenoxy) is 1. The van der Waals surface area contributed by atoms with Gasteiger partial charge in [-0.15, -0.1) is 0 Å². The lowest BCUT2D eigenvalue weighted by Gasteiger charge is -2.12. The Kier molecular flexibility index (Phi) is 6.37. The molecule has 1 heterocycles. The molecule has 0 saturated carbocycles. The van der Waals surface area contributed by atoms with E-state index < -0.39 is 0 Å². The Hall–Kier alpha value is -1.88. The number of aromatic nitrogens is 1. The number of aliphatic imine (C=N–C) groups is 1. The van der Waals surface area contributed by atoms with Gasteiger partial charge in [-0.2, -0.15) is 0 Å². The summed E-state index contributed by atoms with van der Waals surface area (Å²) in [5.74, 6) is 0.592. The quantitative estimate of drug-likeness (QED) is 0.517. The summed E-state index contributed by atoms with van der Waals surface area (Å²) < 4.78 is 6.70. The Morgan fingerprint density at radius 3 is 2.46 bits per heavy atom. The first-order valence-electron chi connectivity index (χ1n) is 8.00. The van der Waals surface area contributed by atoms with Crippen molar-refractivity contribution in [3.8, 4) is 5.88 Å². The predicted molar refractivity (Wildman–Crippen MR) is 103 cm³/mol. The maximum Gasteiger partial charge on any atom is 0.228 e. The highest BCUT2D eigenvalue weighted by Gasteiger charge is 2.09. The fourth-order valence-electron chi connectivity index (χ4n) is 2.33. The van der Waals surface area contributed by atoms with E-state index in [-0.39, 0.29) is 0 Å². The molecule has 1 aromatic carbocycles. The number of aryl methyl sites for hydroxylation is 3. The fourth-order valence-corrected chi connectivity index (χ4v) is 2.75. The molecule has 0 saturated heterocycles. The number of nitrogens with zero attached hydrogens (tertiary/aromatic N) is 3. The van der Waals surface area contributed by atoms with Crippen LogP contribution in [0.15, 0.2) is 33.7 Å². The van der Waals surface area contributed by atoms with E-state index in [1.807, 2.05) is 31.3 Å². The molecular formula is C19H24BrN3O. The van der Waals surface area contributed by atoms with Crippen LogP contribution in [0.1, 0.15) is 29.3 Å². The lowest BCUT2D eigenvalue weighted by Crippen LogP contribution is -2.14. The maximum absolute atomic E-state index is 5.90. The molecule has 0 radical (unpaired) electrons. The minimum Gasteiger partial charge on any atom is -0.472 e. The fraction of sp³-hybridized carbons (Fsp3) is 0.368. The molecule has 5 heteroatoms. The number of hydrogen-bond donors (Lipinski definition) is 0. The Labute approximate surface area is 152 Å². The molecular weight excluding hydrogens is 366 g/mol. The van der Waals surface area contributed by atoms with Crippen molar-refractivity contribution in [1.29, 1.82) is 0 Å². The molecule has 128 valence electrons. The van der Waals surface area contributed by atoms with Crippen LogP contribution in [0.25, 0.3) is 0 Å².